The highest BCUT2D eigenvalue weighted by Crippen LogP contribution is 2.30. The largest absolute Gasteiger partial charge is 0.368 e. The molecular formula is C14H20N2S. The maximum Gasteiger partial charge on any atom is 0.103 e. The molecule has 0 saturated carbocycles. The molecule has 0 aromatic heterocycles. The van der Waals surface area contributed by atoms with E-state index in [9.17, 15) is 5.26 Å². The van der Waals surface area contributed by atoms with Gasteiger partial charge in [-0.3, -0.25) is 0 Å². The van der Waals surface area contributed by atoms with Gasteiger partial charge in [-0.25, -0.2) is 0 Å². The van der Waals surface area contributed by atoms with E-state index in [4.69, 9.17) is 0 Å². The van der Waals surface area contributed by atoms with Crippen LogP contribution in [-0.2, 0) is 0 Å². The molecule has 0 amide bonds. The van der Waals surface area contributed by atoms with E-state index in [2.05, 4.69) is 38.7 Å². The first kappa shape index (κ1) is 13.9. The lowest BCUT2D eigenvalue weighted by molar-refractivity contribution is 0.702. The van der Waals surface area contributed by atoms with Gasteiger partial charge in [-0.15, -0.1) is 11.8 Å². The lowest BCUT2D eigenvalue weighted by Crippen LogP contribution is -2.31. The highest BCUT2D eigenvalue weighted by molar-refractivity contribution is 7.99. The van der Waals surface area contributed by atoms with Crippen molar-refractivity contribution in [3.63, 3.8) is 0 Å². The smallest absolute Gasteiger partial charge is 0.103 e. The Bertz CT molecular complexity index is 407. The Morgan fingerprint density at radius 1 is 1.35 bits per heavy atom. The topological polar surface area (TPSA) is 27.0 Å². The summed E-state index contributed by atoms with van der Waals surface area (Å²) < 4.78 is 0. The van der Waals surface area contributed by atoms with Gasteiger partial charge in [-0.05, 0) is 38.7 Å². The molecule has 0 heterocycles. The van der Waals surface area contributed by atoms with Crippen LogP contribution in [0.15, 0.2) is 23.1 Å². The first-order valence-electron chi connectivity index (χ1n) is 6.08. The van der Waals surface area contributed by atoms with Crippen molar-refractivity contribution in [2.75, 3.05) is 17.2 Å². The third kappa shape index (κ3) is 3.17. The second-order valence-corrected chi connectivity index (χ2v) is 5.38. The Morgan fingerprint density at radius 2 is 2.06 bits per heavy atom. The van der Waals surface area contributed by atoms with Gasteiger partial charge < -0.3 is 4.90 Å². The van der Waals surface area contributed by atoms with Gasteiger partial charge >= 0.3 is 0 Å². The Balaban J connectivity index is 3.23. The van der Waals surface area contributed by atoms with Crippen LogP contribution < -0.4 is 4.90 Å². The van der Waals surface area contributed by atoms with Crippen LogP contribution in [0.5, 0.6) is 0 Å². The summed E-state index contributed by atoms with van der Waals surface area (Å²) in [5.41, 5.74) is 1.87. The van der Waals surface area contributed by atoms with Crippen LogP contribution in [0.25, 0.3) is 0 Å². The van der Waals surface area contributed by atoms with Crippen molar-refractivity contribution in [2.45, 2.75) is 38.6 Å². The van der Waals surface area contributed by atoms with Gasteiger partial charge in [0.2, 0.25) is 0 Å². The van der Waals surface area contributed by atoms with E-state index < -0.39 is 0 Å². The average molecular weight is 248 g/mol. The molecule has 0 saturated heterocycles. The zero-order valence-corrected chi connectivity index (χ0v) is 11.8. The van der Waals surface area contributed by atoms with Crippen LogP contribution >= 0.6 is 11.8 Å². The quantitative estimate of drug-likeness (QED) is 0.739. The number of anilines is 1. The minimum Gasteiger partial charge on any atom is -0.368 e. The van der Waals surface area contributed by atoms with E-state index in [1.54, 1.807) is 11.8 Å². The van der Waals surface area contributed by atoms with Gasteiger partial charge in [0, 0.05) is 17.5 Å². The molecule has 0 aliphatic rings. The van der Waals surface area contributed by atoms with Crippen molar-refractivity contribution in [3.05, 3.63) is 23.8 Å². The Kier molecular flexibility index (Phi) is 5.37. The molecule has 0 aliphatic heterocycles. The average Bonchev–Trinajstić information content (AvgIpc) is 2.30. The molecule has 0 unspecified atom stereocenters. The fourth-order valence-corrected chi connectivity index (χ4v) is 2.74. The molecule has 0 bridgehead atoms. The van der Waals surface area contributed by atoms with Gasteiger partial charge in [-0.2, -0.15) is 5.26 Å². The predicted octanol–water partition coefficient (Wildman–Crippen LogP) is 3.90. The van der Waals surface area contributed by atoms with Crippen LogP contribution in [0, 0.1) is 11.3 Å². The molecule has 1 aromatic carbocycles. The minimum absolute atomic E-state index is 0.411. The first-order chi connectivity index (χ1) is 8.15. The lowest BCUT2D eigenvalue weighted by atomic mass is 10.1. The molecule has 0 fully saturated rings. The maximum absolute atomic E-state index is 9.36. The lowest BCUT2D eigenvalue weighted by Gasteiger charge is -2.28. The highest BCUT2D eigenvalue weighted by atomic mass is 32.2. The highest BCUT2D eigenvalue weighted by Gasteiger charge is 2.15. The van der Waals surface area contributed by atoms with Crippen molar-refractivity contribution in [2.24, 2.45) is 0 Å². The van der Waals surface area contributed by atoms with Crippen molar-refractivity contribution >= 4 is 17.4 Å². The number of thioether (sulfide) groups is 1. The molecule has 92 valence electrons. The molecule has 0 spiro atoms. The monoisotopic (exact) mass is 248 g/mol. The molecule has 1 rings (SSSR count). The summed E-state index contributed by atoms with van der Waals surface area (Å²) in [7, 11) is 0. The summed E-state index contributed by atoms with van der Waals surface area (Å²) in [6, 6.07) is 8.88. The Hall–Kier alpha value is -1.14. The molecule has 0 radical (unpaired) electrons. The van der Waals surface area contributed by atoms with Gasteiger partial charge in [0.15, 0.2) is 0 Å². The first-order valence-corrected chi connectivity index (χ1v) is 7.06. The van der Waals surface area contributed by atoms with Crippen LogP contribution in [0.2, 0.25) is 0 Å². The van der Waals surface area contributed by atoms with Crippen molar-refractivity contribution in [1.29, 1.82) is 5.26 Å². The second-order valence-electron chi connectivity index (χ2n) is 4.07. The zero-order valence-electron chi connectivity index (χ0n) is 11.0. The van der Waals surface area contributed by atoms with E-state index >= 15 is 0 Å². The third-order valence-corrected chi connectivity index (χ3v) is 3.63. The summed E-state index contributed by atoms with van der Waals surface area (Å²) in [5.74, 6) is 0.992. The van der Waals surface area contributed by atoms with Gasteiger partial charge in [-0.1, -0.05) is 13.0 Å². The SMILES string of the molecule is CCSc1cccc(N(CC)C(C)C)c1C#N. The third-order valence-electron chi connectivity index (χ3n) is 2.69. The summed E-state index contributed by atoms with van der Waals surface area (Å²) in [5, 5.41) is 9.36. The molecule has 0 atom stereocenters. The van der Waals surface area contributed by atoms with Crippen LogP contribution in [0.3, 0.4) is 0 Å². The molecular weight excluding hydrogens is 228 g/mol. The molecule has 0 N–H and O–H groups in total. The number of benzene rings is 1. The summed E-state index contributed by atoms with van der Waals surface area (Å²) >= 11 is 1.73. The number of hydrogen-bond donors (Lipinski definition) is 0. The summed E-state index contributed by atoms with van der Waals surface area (Å²) in [4.78, 5) is 3.35. The van der Waals surface area contributed by atoms with Crippen LogP contribution in [0.4, 0.5) is 5.69 Å². The van der Waals surface area contributed by atoms with Crippen molar-refractivity contribution in [3.8, 4) is 6.07 Å². The molecule has 17 heavy (non-hydrogen) atoms. The van der Waals surface area contributed by atoms with Gasteiger partial charge in [0.25, 0.3) is 0 Å². The summed E-state index contributed by atoms with van der Waals surface area (Å²) in [6.07, 6.45) is 0. The molecule has 0 aliphatic carbocycles. The molecule has 1 aromatic rings. The standard InChI is InChI=1S/C14H20N2S/c1-5-16(11(3)4)13-8-7-9-14(17-6-2)12(13)10-15/h7-9,11H,5-6H2,1-4H3. The van der Waals surface area contributed by atoms with E-state index in [0.29, 0.717) is 6.04 Å². The zero-order chi connectivity index (χ0) is 12.8. The van der Waals surface area contributed by atoms with Crippen molar-refractivity contribution in [1.82, 2.24) is 0 Å². The van der Waals surface area contributed by atoms with Gasteiger partial charge in [0.05, 0.1) is 11.3 Å². The summed E-state index contributed by atoms with van der Waals surface area (Å²) in [6.45, 7) is 9.47. The fourth-order valence-electron chi connectivity index (χ4n) is 1.96. The van der Waals surface area contributed by atoms with E-state index in [1.807, 2.05) is 18.2 Å². The molecule has 2 nitrogen and oxygen atoms in total. The number of hydrogen-bond acceptors (Lipinski definition) is 3. The van der Waals surface area contributed by atoms with Crippen LogP contribution in [0.1, 0.15) is 33.3 Å². The fraction of sp³-hybridized carbons (Fsp3) is 0.500. The molecule has 3 heteroatoms. The Labute approximate surface area is 109 Å². The van der Waals surface area contributed by atoms with Crippen molar-refractivity contribution < 1.29 is 0 Å². The second kappa shape index (κ2) is 6.56. The maximum atomic E-state index is 9.36. The number of rotatable bonds is 5. The minimum atomic E-state index is 0.411. The Morgan fingerprint density at radius 3 is 2.53 bits per heavy atom. The van der Waals surface area contributed by atoms with E-state index in [1.165, 1.54) is 0 Å². The number of nitrogens with zero attached hydrogens (tertiary/aromatic N) is 2. The normalized spacial score (nSPS) is 10.4. The van der Waals surface area contributed by atoms with E-state index in [-0.39, 0.29) is 0 Å². The number of nitriles is 1. The van der Waals surface area contributed by atoms with Gasteiger partial charge in [0.1, 0.15) is 6.07 Å². The predicted molar refractivity (Wildman–Crippen MR) is 75.7 cm³/mol. The van der Waals surface area contributed by atoms with E-state index in [0.717, 1.165) is 28.4 Å². The van der Waals surface area contributed by atoms with Crippen LogP contribution in [-0.4, -0.2) is 18.3 Å².